The molecule has 12 rings (SSSR count). The Kier molecular flexibility index (Phi) is 19.9. The van der Waals surface area contributed by atoms with Gasteiger partial charge in [-0.1, -0.05) is 75.4 Å². The van der Waals surface area contributed by atoms with Crippen molar-refractivity contribution in [3.63, 3.8) is 0 Å². The number of methoxy groups -OCH3 is 3. The van der Waals surface area contributed by atoms with Gasteiger partial charge in [0.2, 0.25) is 0 Å². The van der Waals surface area contributed by atoms with Crippen LogP contribution in [0.2, 0.25) is 18.1 Å². The molecule has 6 saturated heterocycles. The molecule has 0 bridgehead atoms. The van der Waals surface area contributed by atoms with Crippen LogP contribution >= 0.6 is 8.58 Å². The van der Waals surface area contributed by atoms with Crippen LogP contribution in [0.1, 0.15) is 99.3 Å². The maximum atomic E-state index is 12.3. The standard InChI is InChI=1S/C25H40O5Si.C19H26O5.C19H24O5.C2H7P/c1-23(2,3)31(6,7)30-19-13-15-25(17-28-25)22(21(19)26-5)24(4)20(29-24)14-16-27-18-11-9-8-10-12-18;2*1-18(15(24-18)9-11-22-13-6-4-3-5-7-13)17-16(21-2)14(20)8-10-19(17)12-23-19;1-3-2/h8-12,19-22H,13-17H2,1-7H3;3-7,14-17,20H,8-12H2,1-2H3;3-7,15-17H,8-12H2,1-2H3;3H,1-2H3/t19-,20-,21-,22-,24-,25+;14-,15-,16-,17-,18-,19+;15-,16-,17-,18-,19+;/m111./s1. The summed E-state index contributed by atoms with van der Waals surface area (Å²) in [6.07, 6.45) is 6.74. The van der Waals surface area contributed by atoms with E-state index in [-0.39, 0.29) is 98.8 Å². The third-order valence-electron chi connectivity index (χ3n) is 19.8. The summed E-state index contributed by atoms with van der Waals surface area (Å²) >= 11 is 0. The van der Waals surface area contributed by atoms with E-state index < -0.39 is 20.5 Å². The first kappa shape index (κ1) is 63.4. The van der Waals surface area contributed by atoms with Gasteiger partial charge in [0.05, 0.1) is 111 Å². The highest BCUT2D eigenvalue weighted by molar-refractivity contribution is 7.35. The van der Waals surface area contributed by atoms with E-state index in [4.69, 9.17) is 61.3 Å². The maximum absolute atomic E-state index is 12.3. The smallest absolute Gasteiger partial charge is 0.192 e. The van der Waals surface area contributed by atoms with Gasteiger partial charge in [0.1, 0.15) is 45.8 Å². The van der Waals surface area contributed by atoms with E-state index in [1.807, 2.05) is 98.1 Å². The van der Waals surface area contributed by atoms with Gasteiger partial charge in [-0.3, -0.25) is 4.79 Å². The molecule has 6 aliphatic heterocycles. The van der Waals surface area contributed by atoms with E-state index in [2.05, 4.69) is 68.0 Å². The minimum Gasteiger partial charge on any atom is -0.493 e. The van der Waals surface area contributed by atoms with Crippen molar-refractivity contribution in [3.8, 4) is 17.2 Å². The zero-order valence-electron chi connectivity index (χ0n) is 51.3. The quantitative estimate of drug-likeness (QED) is 0.0642. The Morgan fingerprint density at radius 2 is 0.939 bits per heavy atom. The summed E-state index contributed by atoms with van der Waals surface area (Å²) < 4.78 is 77.8. The van der Waals surface area contributed by atoms with Crippen molar-refractivity contribution in [2.75, 3.05) is 74.3 Å². The maximum Gasteiger partial charge on any atom is 0.192 e. The molecule has 9 aliphatic rings. The van der Waals surface area contributed by atoms with Crippen LogP contribution in [0.5, 0.6) is 17.2 Å². The van der Waals surface area contributed by atoms with Crippen LogP contribution in [0, 0.1) is 17.8 Å². The fraction of sp³-hybridized carbons (Fsp3) is 0.708. The summed E-state index contributed by atoms with van der Waals surface area (Å²) in [6.45, 7) is 26.4. The number of benzene rings is 3. The first-order chi connectivity index (χ1) is 39.1. The third-order valence-corrected chi connectivity index (χ3v) is 24.3. The molecule has 82 heavy (non-hydrogen) atoms. The molecule has 15 nitrogen and oxygen atoms in total. The lowest BCUT2D eigenvalue weighted by atomic mass is 9.68. The Hall–Kier alpha value is -3.06. The first-order valence-corrected chi connectivity index (χ1v) is 35.1. The Morgan fingerprint density at radius 1 is 0.573 bits per heavy atom. The minimum atomic E-state index is -1.90. The Morgan fingerprint density at radius 3 is 1.30 bits per heavy atom. The Labute approximate surface area is 492 Å². The van der Waals surface area contributed by atoms with Crippen LogP contribution in [0.4, 0.5) is 0 Å². The molecule has 3 saturated carbocycles. The fourth-order valence-corrected chi connectivity index (χ4v) is 15.3. The average Bonchev–Trinajstić information content (AvgIpc) is 1.83. The van der Waals surface area contributed by atoms with Crippen LogP contribution in [0.3, 0.4) is 0 Å². The van der Waals surface area contributed by atoms with Crippen LogP contribution in [-0.4, -0.2) is 176 Å². The number of Topliss-reactive ketones (excluding diaryl/α,β-unsaturated/α-hetero) is 1. The number of aliphatic hydroxyl groups is 1. The lowest BCUT2D eigenvalue weighted by Crippen LogP contribution is -2.58. The molecule has 3 aromatic rings. The SMILES string of the molecule is CO[C@@H]1C(=O)CC[C@]2(CO2)[C@H]1[C@]1(C)O[C@@H]1CCOc1ccccc1.CO[C@@H]1[C@H](O)CC[C@]2(CO2)[C@H]1[C@]1(C)O[C@@H]1CCOc1ccccc1.CO[C@@H]1[C@H](O[Si](C)(C)C(C)(C)C)CC[C@]2(CO2)[C@H]1[C@]1(C)O[C@@H]1CCOc1ccccc1.CPC. The van der Waals surface area contributed by atoms with Gasteiger partial charge in [-0.25, -0.2) is 0 Å². The topological polar surface area (TPSA) is 177 Å². The fourth-order valence-electron chi connectivity index (χ4n) is 13.9. The molecular formula is C65H97O15PSi. The summed E-state index contributed by atoms with van der Waals surface area (Å²) in [4.78, 5) is 12.3. The minimum absolute atomic E-state index is 0.0181. The number of ether oxygens (including phenoxy) is 12. The van der Waals surface area contributed by atoms with Crippen molar-refractivity contribution >= 4 is 22.7 Å². The van der Waals surface area contributed by atoms with Crippen LogP contribution < -0.4 is 14.2 Å². The molecule has 3 aromatic carbocycles. The van der Waals surface area contributed by atoms with E-state index in [1.165, 1.54) is 0 Å². The lowest BCUT2D eigenvalue weighted by Gasteiger charge is -2.47. The van der Waals surface area contributed by atoms with Gasteiger partial charge in [0.15, 0.2) is 14.1 Å². The number of epoxide rings is 6. The van der Waals surface area contributed by atoms with Gasteiger partial charge in [-0.15, -0.1) is 8.58 Å². The second-order valence-corrected chi connectivity index (χ2v) is 32.1. The lowest BCUT2D eigenvalue weighted by molar-refractivity contribution is -0.142. The number of rotatable bonds is 20. The predicted molar refractivity (Wildman–Crippen MR) is 319 cm³/mol. The molecule has 9 fully saturated rings. The van der Waals surface area contributed by atoms with Crippen LogP contribution in [-0.2, 0) is 51.9 Å². The highest BCUT2D eigenvalue weighted by Gasteiger charge is 2.74. The number of aliphatic hydroxyl groups excluding tert-OH is 1. The molecule has 3 aliphatic carbocycles. The van der Waals surface area contributed by atoms with E-state index in [1.54, 1.807) is 14.2 Å². The number of ketones is 1. The molecule has 0 amide bonds. The molecular weight excluding hydrogens is 1080 g/mol. The van der Waals surface area contributed by atoms with E-state index in [0.29, 0.717) is 32.8 Å². The summed E-state index contributed by atoms with van der Waals surface area (Å²) in [5.41, 5.74) is -1.43. The van der Waals surface area contributed by atoms with E-state index in [9.17, 15) is 9.90 Å². The van der Waals surface area contributed by atoms with Crippen molar-refractivity contribution in [3.05, 3.63) is 91.0 Å². The van der Waals surface area contributed by atoms with Gasteiger partial charge >= 0.3 is 0 Å². The van der Waals surface area contributed by atoms with Gasteiger partial charge < -0.3 is 66.4 Å². The van der Waals surface area contributed by atoms with Crippen molar-refractivity contribution in [1.29, 1.82) is 0 Å². The van der Waals surface area contributed by atoms with E-state index >= 15 is 0 Å². The second-order valence-electron chi connectivity index (χ2n) is 26.3. The van der Waals surface area contributed by atoms with Crippen molar-refractivity contribution < 1.29 is 71.2 Å². The summed E-state index contributed by atoms with van der Waals surface area (Å²) in [6, 6.07) is 29.6. The van der Waals surface area contributed by atoms with Crippen molar-refractivity contribution in [2.45, 2.75) is 200 Å². The van der Waals surface area contributed by atoms with Crippen molar-refractivity contribution in [2.24, 2.45) is 17.8 Å². The van der Waals surface area contributed by atoms with Gasteiger partial charge in [0, 0.05) is 47.0 Å². The monoisotopic (exact) mass is 1180 g/mol. The van der Waals surface area contributed by atoms with E-state index in [0.717, 1.165) is 90.4 Å². The Bertz CT molecular complexity index is 2510. The normalized spacial score (nSPS) is 39.1. The van der Waals surface area contributed by atoms with Gasteiger partial charge in [-0.2, -0.15) is 0 Å². The number of carbonyl (C=O) groups excluding carboxylic acids is 1. The molecule has 0 unspecified atom stereocenters. The van der Waals surface area contributed by atoms with Crippen molar-refractivity contribution in [1.82, 2.24) is 0 Å². The molecule has 0 radical (unpaired) electrons. The average molecular weight is 1180 g/mol. The highest BCUT2D eigenvalue weighted by Crippen LogP contribution is 2.62. The zero-order valence-corrected chi connectivity index (χ0v) is 53.3. The largest absolute Gasteiger partial charge is 0.493 e. The van der Waals surface area contributed by atoms with Gasteiger partial charge in [-0.05, 0) is 121 Å². The third kappa shape index (κ3) is 13.9. The number of hydrogen-bond acceptors (Lipinski definition) is 15. The molecule has 1 N–H and O–H groups in total. The number of hydrogen-bond donors (Lipinski definition) is 1. The summed E-state index contributed by atoms with van der Waals surface area (Å²) in [7, 11) is 4.28. The molecule has 6 heterocycles. The van der Waals surface area contributed by atoms with Gasteiger partial charge in [0.25, 0.3) is 0 Å². The molecule has 17 heteroatoms. The number of carbonyl (C=O) groups is 1. The van der Waals surface area contributed by atoms with Crippen LogP contribution in [0.15, 0.2) is 91.0 Å². The molecule has 456 valence electrons. The molecule has 3 spiro atoms. The summed E-state index contributed by atoms with van der Waals surface area (Å²) in [5.74, 6) is 3.03. The predicted octanol–water partition coefficient (Wildman–Crippen LogP) is 10.7. The molecule has 17 atom stereocenters. The second kappa shape index (κ2) is 25.7. The first-order valence-electron chi connectivity index (χ1n) is 30.2. The molecule has 0 aromatic heterocycles. The number of para-hydroxylation sites is 3. The highest BCUT2D eigenvalue weighted by atomic mass is 31.1. The van der Waals surface area contributed by atoms with Crippen LogP contribution in [0.25, 0.3) is 0 Å². The Balaban J connectivity index is 0.000000146. The zero-order chi connectivity index (χ0) is 58.8. The summed E-state index contributed by atoms with van der Waals surface area (Å²) in [5, 5.41) is 10.5.